The summed E-state index contributed by atoms with van der Waals surface area (Å²) in [7, 11) is 0. The molecule has 7 heteroatoms. The number of nitrogens with zero attached hydrogens (tertiary/aromatic N) is 3. The number of aliphatic imine (C=N–C) groups is 1. The van der Waals surface area contributed by atoms with Crippen LogP contribution in [0, 0.1) is 12.8 Å². The van der Waals surface area contributed by atoms with Crippen molar-refractivity contribution in [1.29, 1.82) is 0 Å². The number of hydrogen-bond acceptors (Lipinski definition) is 4. The fraction of sp³-hybridized carbons (Fsp3) is 0.765. The van der Waals surface area contributed by atoms with E-state index >= 15 is 0 Å². The number of halogens is 1. The average Bonchev–Trinajstić information content (AvgIpc) is 2.93. The second kappa shape index (κ2) is 12.0. The van der Waals surface area contributed by atoms with Gasteiger partial charge in [0.15, 0.2) is 5.96 Å². The maximum Gasteiger partial charge on any atom is 0.191 e. The highest BCUT2D eigenvalue weighted by molar-refractivity contribution is 14.0. The van der Waals surface area contributed by atoms with Crippen molar-refractivity contribution in [1.82, 2.24) is 20.5 Å². The lowest BCUT2D eigenvalue weighted by Crippen LogP contribution is -2.40. The quantitative estimate of drug-likeness (QED) is 0.370. The molecule has 1 fully saturated rings. The first-order chi connectivity index (χ1) is 11.2. The number of nitrogens with one attached hydrogen (secondary N) is 2. The van der Waals surface area contributed by atoms with Gasteiger partial charge >= 0.3 is 0 Å². The molecule has 0 saturated carbocycles. The maximum absolute atomic E-state index is 4.70. The first kappa shape index (κ1) is 21.6. The SMILES string of the molecule is CCNC(=NCCN1CCCC(C)C1)NCCc1ncc(C)s1.I. The number of guanidine groups is 1. The molecule has 1 atom stereocenters. The minimum absolute atomic E-state index is 0. The Hall–Kier alpha value is -0.410. The Balaban J connectivity index is 0.00000288. The molecule has 1 unspecified atom stereocenters. The first-order valence-corrected chi connectivity index (χ1v) is 9.65. The van der Waals surface area contributed by atoms with E-state index in [1.54, 1.807) is 11.3 Å². The normalized spacial score (nSPS) is 19.0. The predicted octanol–water partition coefficient (Wildman–Crippen LogP) is 2.90. The summed E-state index contributed by atoms with van der Waals surface area (Å²) < 4.78 is 0. The van der Waals surface area contributed by atoms with Crippen molar-refractivity contribution in [2.75, 3.05) is 39.3 Å². The van der Waals surface area contributed by atoms with Crippen molar-refractivity contribution in [2.24, 2.45) is 10.9 Å². The van der Waals surface area contributed by atoms with Gasteiger partial charge in [-0.1, -0.05) is 6.92 Å². The van der Waals surface area contributed by atoms with E-state index in [9.17, 15) is 0 Å². The van der Waals surface area contributed by atoms with Crippen LogP contribution in [-0.4, -0.2) is 55.1 Å². The number of rotatable bonds is 7. The van der Waals surface area contributed by atoms with E-state index in [1.807, 2.05) is 6.20 Å². The molecule has 1 saturated heterocycles. The number of likely N-dealkylation sites (tertiary alicyclic amines) is 1. The Morgan fingerprint density at radius 3 is 2.96 bits per heavy atom. The van der Waals surface area contributed by atoms with Gasteiger partial charge in [-0.05, 0) is 39.2 Å². The molecule has 24 heavy (non-hydrogen) atoms. The van der Waals surface area contributed by atoms with E-state index in [4.69, 9.17) is 4.99 Å². The third-order valence-corrected chi connectivity index (χ3v) is 5.04. The Labute approximate surface area is 167 Å². The highest BCUT2D eigenvalue weighted by Crippen LogP contribution is 2.14. The van der Waals surface area contributed by atoms with Crippen LogP contribution in [-0.2, 0) is 6.42 Å². The summed E-state index contributed by atoms with van der Waals surface area (Å²) in [5.74, 6) is 1.76. The highest BCUT2D eigenvalue weighted by Gasteiger charge is 2.15. The van der Waals surface area contributed by atoms with Gasteiger partial charge in [-0.2, -0.15) is 0 Å². The van der Waals surface area contributed by atoms with Crippen LogP contribution < -0.4 is 10.6 Å². The molecule has 0 spiro atoms. The van der Waals surface area contributed by atoms with E-state index in [-0.39, 0.29) is 24.0 Å². The smallest absolute Gasteiger partial charge is 0.191 e. The van der Waals surface area contributed by atoms with Gasteiger partial charge in [-0.25, -0.2) is 4.98 Å². The zero-order valence-corrected chi connectivity index (χ0v) is 18.3. The van der Waals surface area contributed by atoms with Gasteiger partial charge in [-0.15, -0.1) is 35.3 Å². The molecule has 1 aliphatic heterocycles. The van der Waals surface area contributed by atoms with Gasteiger partial charge < -0.3 is 15.5 Å². The monoisotopic (exact) mass is 465 g/mol. The molecular formula is C17H32IN5S. The number of piperidine rings is 1. The second-order valence-electron chi connectivity index (χ2n) is 6.35. The van der Waals surface area contributed by atoms with Crippen molar-refractivity contribution in [3.63, 3.8) is 0 Å². The molecule has 138 valence electrons. The average molecular weight is 465 g/mol. The molecule has 0 amide bonds. The van der Waals surface area contributed by atoms with Crippen molar-refractivity contribution >= 4 is 41.3 Å². The topological polar surface area (TPSA) is 52.6 Å². The minimum Gasteiger partial charge on any atom is -0.357 e. The number of thiazole rings is 1. The fourth-order valence-electron chi connectivity index (χ4n) is 2.94. The van der Waals surface area contributed by atoms with Crippen LogP contribution in [0.25, 0.3) is 0 Å². The van der Waals surface area contributed by atoms with Gasteiger partial charge in [0.05, 0.1) is 11.6 Å². The van der Waals surface area contributed by atoms with Gasteiger partial charge in [0.1, 0.15) is 0 Å². The first-order valence-electron chi connectivity index (χ1n) is 8.83. The van der Waals surface area contributed by atoms with Crippen LogP contribution in [0.2, 0.25) is 0 Å². The Morgan fingerprint density at radius 1 is 1.46 bits per heavy atom. The lowest BCUT2D eigenvalue weighted by Gasteiger charge is -2.30. The van der Waals surface area contributed by atoms with Crippen LogP contribution in [0.15, 0.2) is 11.2 Å². The van der Waals surface area contributed by atoms with E-state index in [2.05, 4.69) is 41.3 Å². The summed E-state index contributed by atoms with van der Waals surface area (Å²) in [6, 6.07) is 0. The Kier molecular flexibility index (Phi) is 10.8. The molecule has 1 aromatic heterocycles. The van der Waals surface area contributed by atoms with Crippen LogP contribution in [0.1, 0.15) is 36.6 Å². The molecule has 2 N–H and O–H groups in total. The van der Waals surface area contributed by atoms with Gasteiger partial charge in [0.25, 0.3) is 0 Å². The summed E-state index contributed by atoms with van der Waals surface area (Å²) in [5, 5.41) is 7.92. The Morgan fingerprint density at radius 2 is 2.29 bits per heavy atom. The van der Waals surface area contributed by atoms with Crippen LogP contribution >= 0.6 is 35.3 Å². The van der Waals surface area contributed by atoms with E-state index in [1.165, 1.54) is 35.8 Å². The molecule has 1 aliphatic rings. The number of aromatic nitrogens is 1. The second-order valence-corrected chi connectivity index (χ2v) is 7.67. The summed E-state index contributed by atoms with van der Waals surface area (Å²) in [5.41, 5.74) is 0. The van der Waals surface area contributed by atoms with E-state index in [0.29, 0.717) is 0 Å². The lowest BCUT2D eigenvalue weighted by atomic mass is 10.0. The van der Waals surface area contributed by atoms with Crippen molar-refractivity contribution in [3.8, 4) is 0 Å². The van der Waals surface area contributed by atoms with Crippen molar-refractivity contribution < 1.29 is 0 Å². The largest absolute Gasteiger partial charge is 0.357 e. The fourth-order valence-corrected chi connectivity index (χ4v) is 3.73. The predicted molar refractivity (Wildman–Crippen MR) is 115 cm³/mol. The maximum atomic E-state index is 4.70. The third kappa shape index (κ3) is 8.11. The van der Waals surface area contributed by atoms with Crippen LogP contribution in [0.5, 0.6) is 0 Å². The molecule has 0 aliphatic carbocycles. The molecule has 2 rings (SSSR count). The number of hydrogen-bond donors (Lipinski definition) is 2. The molecule has 0 radical (unpaired) electrons. The van der Waals surface area contributed by atoms with Gasteiger partial charge in [0, 0.05) is 43.7 Å². The highest BCUT2D eigenvalue weighted by atomic mass is 127. The standard InChI is InChI=1S/C17H31N5S.HI/c1-4-18-17(19-8-7-16-21-12-15(3)23-16)20-9-11-22-10-5-6-14(2)13-22;/h12,14H,4-11,13H2,1-3H3,(H2,18,19,20);1H. The van der Waals surface area contributed by atoms with Crippen molar-refractivity contribution in [3.05, 3.63) is 16.1 Å². The minimum atomic E-state index is 0. The third-order valence-electron chi connectivity index (χ3n) is 4.07. The molecule has 5 nitrogen and oxygen atoms in total. The van der Waals surface area contributed by atoms with E-state index in [0.717, 1.165) is 44.5 Å². The van der Waals surface area contributed by atoms with Gasteiger partial charge in [-0.3, -0.25) is 4.99 Å². The summed E-state index contributed by atoms with van der Waals surface area (Å²) in [6.07, 6.45) is 5.60. The lowest BCUT2D eigenvalue weighted by molar-refractivity contribution is 0.189. The number of aryl methyl sites for hydroxylation is 1. The van der Waals surface area contributed by atoms with Crippen molar-refractivity contribution in [2.45, 2.75) is 40.0 Å². The zero-order valence-electron chi connectivity index (χ0n) is 15.2. The molecule has 0 bridgehead atoms. The molecule has 1 aromatic rings. The summed E-state index contributed by atoms with van der Waals surface area (Å²) in [6.45, 7) is 12.7. The van der Waals surface area contributed by atoms with Crippen LogP contribution in [0.4, 0.5) is 0 Å². The molecule has 0 aromatic carbocycles. The summed E-state index contributed by atoms with van der Waals surface area (Å²) >= 11 is 1.77. The van der Waals surface area contributed by atoms with Gasteiger partial charge in [0.2, 0.25) is 0 Å². The van der Waals surface area contributed by atoms with E-state index < -0.39 is 0 Å². The summed E-state index contributed by atoms with van der Waals surface area (Å²) in [4.78, 5) is 12.9. The molecule has 2 heterocycles. The van der Waals surface area contributed by atoms with Crippen LogP contribution in [0.3, 0.4) is 0 Å². The molecular weight excluding hydrogens is 433 g/mol. The zero-order chi connectivity index (χ0) is 16.5. The Bertz CT molecular complexity index is 491.